The number of hydrogen-bond donors (Lipinski definition) is 0. The highest BCUT2D eigenvalue weighted by molar-refractivity contribution is 5.92. The SMILES string of the molecule is COC(=O)c1cc(N2CC(C)(CCC[C@H](C)c3cccc4ccccc34)Oc3ccccc32)ccc1C. The third-order valence-corrected chi connectivity index (χ3v) is 7.64. The Morgan fingerprint density at radius 3 is 2.62 bits per heavy atom. The van der Waals surface area contributed by atoms with Crippen LogP contribution in [-0.4, -0.2) is 25.2 Å². The van der Waals surface area contributed by atoms with Crippen LogP contribution in [0.1, 0.15) is 60.5 Å². The number of rotatable bonds is 7. The summed E-state index contributed by atoms with van der Waals surface area (Å²) in [6, 6.07) is 29.4. The fraction of sp³-hybridized carbons (Fsp3) is 0.303. The maximum absolute atomic E-state index is 12.4. The van der Waals surface area contributed by atoms with Gasteiger partial charge in [0.2, 0.25) is 0 Å². The van der Waals surface area contributed by atoms with Crippen LogP contribution in [0.2, 0.25) is 0 Å². The number of fused-ring (bicyclic) bond motifs is 2. The second kappa shape index (κ2) is 10.3. The van der Waals surface area contributed by atoms with Gasteiger partial charge in [0.05, 0.1) is 24.9 Å². The molecule has 2 atom stereocenters. The van der Waals surface area contributed by atoms with Gasteiger partial charge in [0, 0.05) is 5.69 Å². The molecular weight excluding hydrogens is 458 g/mol. The summed E-state index contributed by atoms with van der Waals surface area (Å²) in [5, 5.41) is 2.64. The summed E-state index contributed by atoms with van der Waals surface area (Å²) < 4.78 is 11.6. The standard InChI is InChI=1S/C33H35NO3/c1-23(27-15-9-13-25-12-5-6-14-28(25)27)11-10-20-33(3)22-34(30-16-7-8-17-31(30)37-33)26-19-18-24(2)29(21-26)32(35)36-4/h5-9,12-19,21,23H,10-11,20,22H2,1-4H3/t23-,33?/m0/s1. The van der Waals surface area contributed by atoms with Gasteiger partial charge >= 0.3 is 5.97 Å². The van der Waals surface area contributed by atoms with Crippen molar-refractivity contribution >= 4 is 28.1 Å². The Hall–Kier alpha value is -3.79. The summed E-state index contributed by atoms with van der Waals surface area (Å²) in [6.07, 6.45) is 3.08. The number of methoxy groups -OCH3 is 1. The minimum Gasteiger partial charge on any atom is -0.484 e. The van der Waals surface area contributed by atoms with Crippen molar-refractivity contribution in [2.24, 2.45) is 0 Å². The first-order valence-corrected chi connectivity index (χ1v) is 13.1. The molecule has 4 aromatic rings. The number of ether oxygens (including phenoxy) is 2. The summed E-state index contributed by atoms with van der Waals surface area (Å²) >= 11 is 0. The van der Waals surface area contributed by atoms with Gasteiger partial charge in [-0.15, -0.1) is 0 Å². The molecule has 0 N–H and O–H groups in total. The van der Waals surface area contributed by atoms with Crippen molar-refractivity contribution in [3.05, 3.63) is 102 Å². The Morgan fingerprint density at radius 1 is 1.03 bits per heavy atom. The Labute approximate surface area is 219 Å². The molecule has 1 aliphatic heterocycles. The zero-order valence-electron chi connectivity index (χ0n) is 22.2. The number of nitrogens with zero attached hydrogens (tertiary/aromatic N) is 1. The number of anilines is 2. The number of benzene rings is 4. The third-order valence-electron chi connectivity index (χ3n) is 7.64. The van der Waals surface area contributed by atoms with Crippen LogP contribution in [0.5, 0.6) is 5.75 Å². The molecule has 4 aromatic carbocycles. The largest absolute Gasteiger partial charge is 0.484 e. The molecule has 5 rings (SSSR count). The number of para-hydroxylation sites is 2. The van der Waals surface area contributed by atoms with Crippen LogP contribution in [0.3, 0.4) is 0 Å². The molecule has 4 heteroatoms. The van der Waals surface area contributed by atoms with Crippen LogP contribution < -0.4 is 9.64 Å². The van der Waals surface area contributed by atoms with Gasteiger partial charge in [-0.05, 0) is 85.2 Å². The summed E-state index contributed by atoms with van der Waals surface area (Å²) in [4.78, 5) is 14.7. The van der Waals surface area contributed by atoms with Crippen molar-refractivity contribution in [2.45, 2.75) is 51.6 Å². The maximum atomic E-state index is 12.4. The second-order valence-corrected chi connectivity index (χ2v) is 10.5. The van der Waals surface area contributed by atoms with E-state index >= 15 is 0 Å². The van der Waals surface area contributed by atoms with Crippen molar-refractivity contribution in [1.29, 1.82) is 0 Å². The molecule has 190 valence electrons. The van der Waals surface area contributed by atoms with Crippen molar-refractivity contribution in [3.63, 3.8) is 0 Å². The van der Waals surface area contributed by atoms with E-state index < -0.39 is 0 Å². The molecule has 0 aliphatic carbocycles. The van der Waals surface area contributed by atoms with Crippen molar-refractivity contribution in [3.8, 4) is 5.75 Å². The third kappa shape index (κ3) is 5.06. The molecule has 0 bridgehead atoms. The lowest BCUT2D eigenvalue weighted by Crippen LogP contribution is -2.47. The van der Waals surface area contributed by atoms with E-state index in [0.29, 0.717) is 18.0 Å². The summed E-state index contributed by atoms with van der Waals surface area (Å²) in [5.74, 6) is 1.02. The van der Waals surface area contributed by atoms with Crippen LogP contribution in [0.25, 0.3) is 10.8 Å². The molecule has 0 amide bonds. The second-order valence-electron chi connectivity index (χ2n) is 10.5. The molecule has 0 aromatic heterocycles. The molecule has 0 spiro atoms. The summed E-state index contributed by atoms with van der Waals surface area (Å²) in [6.45, 7) is 7.17. The van der Waals surface area contributed by atoms with Crippen LogP contribution in [0.4, 0.5) is 11.4 Å². The maximum Gasteiger partial charge on any atom is 0.338 e. The number of hydrogen-bond acceptors (Lipinski definition) is 4. The topological polar surface area (TPSA) is 38.8 Å². The van der Waals surface area contributed by atoms with Gasteiger partial charge in [0.1, 0.15) is 11.4 Å². The Kier molecular flexibility index (Phi) is 6.92. The number of carbonyl (C=O) groups excluding carboxylic acids is 1. The van der Waals surface area contributed by atoms with Gasteiger partial charge in [-0.3, -0.25) is 0 Å². The summed E-state index contributed by atoms with van der Waals surface area (Å²) in [7, 11) is 1.43. The average Bonchev–Trinajstić information content (AvgIpc) is 2.92. The highest BCUT2D eigenvalue weighted by Crippen LogP contribution is 2.43. The molecule has 0 saturated carbocycles. The van der Waals surface area contributed by atoms with Crippen LogP contribution in [0.15, 0.2) is 84.9 Å². The first kappa shape index (κ1) is 24.9. The van der Waals surface area contributed by atoms with Gasteiger partial charge in [-0.2, -0.15) is 0 Å². The molecule has 1 unspecified atom stereocenters. The minimum absolute atomic E-state index is 0.314. The Morgan fingerprint density at radius 2 is 1.78 bits per heavy atom. The first-order valence-electron chi connectivity index (χ1n) is 13.1. The van der Waals surface area contributed by atoms with E-state index in [1.54, 1.807) is 0 Å². The fourth-order valence-electron chi connectivity index (χ4n) is 5.57. The quantitative estimate of drug-likeness (QED) is 0.243. The van der Waals surface area contributed by atoms with E-state index in [1.165, 1.54) is 23.4 Å². The number of aryl methyl sites for hydroxylation is 1. The predicted octanol–water partition coefficient (Wildman–Crippen LogP) is 8.20. The highest BCUT2D eigenvalue weighted by Gasteiger charge is 2.36. The van der Waals surface area contributed by atoms with E-state index in [1.807, 2.05) is 37.3 Å². The smallest absolute Gasteiger partial charge is 0.338 e. The van der Waals surface area contributed by atoms with E-state index in [2.05, 4.69) is 73.3 Å². The van der Waals surface area contributed by atoms with Gasteiger partial charge in [0.25, 0.3) is 0 Å². The van der Waals surface area contributed by atoms with Crippen molar-refractivity contribution in [2.75, 3.05) is 18.6 Å². The van der Waals surface area contributed by atoms with E-state index in [4.69, 9.17) is 9.47 Å². The van der Waals surface area contributed by atoms with Gasteiger partial charge < -0.3 is 14.4 Å². The fourth-order valence-corrected chi connectivity index (χ4v) is 5.57. The van der Waals surface area contributed by atoms with Gasteiger partial charge in [-0.25, -0.2) is 4.79 Å². The molecule has 0 radical (unpaired) electrons. The monoisotopic (exact) mass is 493 g/mol. The lowest BCUT2D eigenvalue weighted by atomic mass is 9.88. The zero-order chi connectivity index (χ0) is 26.0. The number of esters is 1. The summed E-state index contributed by atoms with van der Waals surface area (Å²) in [5.41, 5.74) is 4.54. The van der Waals surface area contributed by atoms with Crippen molar-refractivity contribution < 1.29 is 14.3 Å². The molecule has 1 aliphatic rings. The van der Waals surface area contributed by atoms with Crippen molar-refractivity contribution in [1.82, 2.24) is 0 Å². The van der Waals surface area contributed by atoms with Crippen LogP contribution in [-0.2, 0) is 4.74 Å². The molecule has 4 nitrogen and oxygen atoms in total. The predicted molar refractivity (Wildman–Crippen MR) is 151 cm³/mol. The van der Waals surface area contributed by atoms with E-state index in [-0.39, 0.29) is 11.6 Å². The lowest BCUT2D eigenvalue weighted by Gasteiger charge is -2.43. The highest BCUT2D eigenvalue weighted by atomic mass is 16.5. The van der Waals surface area contributed by atoms with E-state index in [0.717, 1.165) is 42.0 Å². The van der Waals surface area contributed by atoms with Gasteiger partial charge in [-0.1, -0.05) is 67.6 Å². The number of carbonyl (C=O) groups is 1. The molecule has 37 heavy (non-hydrogen) atoms. The molecule has 1 heterocycles. The normalized spacial score (nSPS) is 17.7. The average molecular weight is 494 g/mol. The molecule has 0 saturated heterocycles. The molecule has 0 fully saturated rings. The minimum atomic E-state index is -0.358. The van der Waals surface area contributed by atoms with E-state index in [9.17, 15) is 4.79 Å². The van der Waals surface area contributed by atoms with Gasteiger partial charge in [0.15, 0.2) is 0 Å². The molecular formula is C33H35NO3. The first-order chi connectivity index (χ1) is 17.9. The van der Waals surface area contributed by atoms with Crippen LogP contribution in [0, 0.1) is 6.92 Å². The zero-order valence-corrected chi connectivity index (χ0v) is 22.2. The lowest BCUT2D eigenvalue weighted by molar-refractivity contribution is 0.0600. The Bertz CT molecular complexity index is 1420. The Balaban J connectivity index is 1.36. The van der Waals surface area contributed by atoms with Crippen LogP contribution >= 0.6 is 0 Å².